The number of pyridine rings is 1. The van der Waals surface area contributed by atoms with Crippen LogP contribution in [0.4, 0.5) is 0 Å². The van der Waals surface area contributed by atoms with Gasteiger partial charge >= 0.3 is 0 Å². The van der Waals surface area contributed by atoms with Crippen molar-refractivity contribution in [1.29, 1.82) is 0 Å². The maximum Gasteiger partial charge on any atom is 0.220 e. The number of amides is 1. The molecule has 1 aliphatic heterocycles. The zero-order valence-electron chi connectivity index (χ0n) is 14.9. The van der Waals surface area contributed by atoms with Crippen LogP contribution in [0.3, 0.4) is 0 Å². The Morgan fingerprint density at radius 2 is 2.00 bits per heavy atom. The Labute approximate surface area is 150 Å². The van der Waals surface area contributed by atoms with E-state index in [4.69, 9.17) is 0 Å². The molecule has 2 aromatic rings. The molecule has 1 aromatic heterocycles. The highest BCUT2D eigenvalue weighted by Gasteiger charge is 2.27. The molecule has 1 amide bonds. The normalized spacial score (nSPS) is 21.0. The lowest BCUT2D eigenvalue weighted by atomic mass is 9.93. The van der Waals surface area contributed by atoms with Gasteiger partial charge in [0.2, 0.25) is 5.91 Å². The average Bonchev–Trinajstić information content (AvgIpc) is 2.64. The van der Waals surface area contributed by atoms with E-state index in [1.807, 2.05) is 18.2 Å². The minimum Gasteiger partial charge on any atom is -0.353 e. The van der Waals surface area contributed by atoms with Crippen molar-refractivity contribution in [3.05, 3.63) is 66.0 Å². The first-order valence-electron chi connectivity index (χ1n) is 9.16. The number of nitrogens with zero attached hydrogens (tertiary/aromatic N) is 2. The van der Waals surface area contributed by atoms with Crippen molar-refractivity contribution in [1.82, 2.24) is 15.2 Å². The summed E-state index contributed by atoms with van der Waals surface area (Å²) in [6.45, 7) is 5.29. The fourth-order valence-corrected chi connectivity index (χ4v) is 3.50. The van der Waals surface area contributed by atoms with Gasteiger partial charge in [0.25, 0.3) is 0 Å². The van der Waals surface area contributed by atoms with Crippen LogP contribution in [0.15, 0.2) is 54.7 Å². The van der Waals surface area contributed by atoms with Crippen LogP contribution in [0, 0.1) is 5.92 Å². The highest BCUT2D eigenvalue weighted by atomic mass is 16.1. The van der Waals surface area contributed by atoms with Crippen molar-refractivity contribution in [2.24, 2.45) is 5.92 Å². The molecule has 0 unspecified atom stereocenters. The summed E-state index contributed by atoms with van der Waals surface area (Å²) in [6, 6.07) is 16.7. The number of hydrogen-bond acceptors (Lipinski definition) is 3. The summed E-state index contributed by atoms with van der Waals surface area (Å²) in [7, 11) is 0. The predicted octanol–water partition coefficient (Wildman–Crippen LogP) is 3.04. The second-order valence-electron chi connectivity index (χ2n) is 6.98. The Kier molecular flexibility index (Phi) is 6.18. The van der Waals surface area contributed by atoms with Crippen LogP contribution in [0.5, 0.6) is 0 Å². The van der Waals surface area contributed by atoms with E-state index in [9.17, 15) is 4.79 Å². The standard InChI is InChI=1S/C21H27N3O/c1-17-15-24(16-18-7-3-2-4-8-18)14-12-20(17)23-21(25)11-10-19-9-5-6-13-22-19/h2-9,13,17,20H,10-12,14-16H2,1H3,(H,23,25)/t17-,20-/m1/s1. The summed E-state index contributed by atoms with van der Waals surface area (Å²) in [5.74, 6) is 0.607. The van der Waals surface area contributed by atoms with Crippen molar-refractivity contribution in [3.63, 3.8) is 0 Å². The first kappa shape index (κ1) is 17.6. The summed E-state index contributed by atoms with van der Waals surface area (Å²) in [5.41, 5.74) is 2.33. The van der Waals surface area contributed by atoms with Gasteiger partial charge in [0.1, 0.15) is 0 Å². The molecular formula is C21H27N3O. The minimum atomic E-state index is 0.138. The Hall–Kier alpha value is -2.20. The molecule has 1 saturated heterocycles. The van der Waals surface area contributed by atoms with Crippen molar-refractivity contribution >= 4 is 5.91 Å². The van der Waals surface area contributed by atoms with Gasteiger partial charge in [0, 0.05) is 44.0 Å². The second-order valence-corrected chi connectivity index (χ2v) is 6.98. The third-order valence-corrected chi connectivity index (χ3v) is 4.92. The van der Waals surface area contributed by atoms with Crippen LogP contribution in [0.2, 0.25) is 0 Å². The average molecular weight is 337 g/mol. The van der Waals surface area contributed by atoms with Gasteiger partial charge in [-0.05, 0) is 36.5 Å². The molecule has 0 spiro atoms. The van der Waals surface area contributed by atoms with Gasteiger partial charge in [-0.15, -0.1) is 0 Å². The predicted molar refractivity (Wildman–Crippen MR) is 100.0 cm³/mol. The third kappa shape index (κ3) is 5.40. The SMILES string of the molecule is C[C@@H]1CN(Cc2ccccc2)CC[C@H]1NC(=O)CCc1ccccn1. The first-order valence-corrected chi connectivity index (χ1v) is 9.16. The number of carbonyl (C=O) groups excluding carboxylic acids is 1. The number of aryl methyl sites for hydroxylation is 1. The van der Waals surface area contributed by atoms with E-state index in [1.54, 1.807) is 6.20 Å². The fraction of sp³-hybridized carbons (Fsp3) is 0.429. The maximum atomic E-state index is 12.3. The quantitative estimate of drug-likeness (QED) is 0.881. The van der Waals surface area contributed by atoms with Crippen LogP contribution in [0.25, 0.3) is 0 Å². The zero-order valence-corrected chi connectivity index (χ0v) is 14.9. The van der Waals surface area contributed by atoms with E-state index in [0.29, 0.717) is 18.8 Å². The number of aromatic nitrogens is 1. The molecule has 3 rings (SSSR count). The summed E-state index contributed by atoms with van der Waals surface area (Å²) < 4.78 is 0. The first-order chi connectivity index (χ1) is 12.2. The van der Waals surface area contributed by atoms with Crippen LogP contribution in [0.1, 0.15) is 31.0 Å². The molecule has 0 bridgehead atoms. The molecule has 0 radical (unpaired) electrons. The molecule has 4 nitrogen and oxygen atoms in total. The molecule has 2 atom stereocenters. The Morgan fingerprint density at radius 1 is 1.20 bits per heavy atom. The fourth-order valence-electron chi connectivity index (χ4n) is 3.50. The number of carbonyl (C=O) groups is 1. The zero-order chi connectivity index (χ0) is 17.5. The van der Waals surface area contributed by atoms with Crippen LogP contribution in [-0.4, -0.2) is 34.9 Å². The van der Waals surface area contributed by atoms with Gasteiger partial charge < -0.3 is 5.32 Å². The van der Waals surface area contributed by atoms with Crippen LogP contribution < -0.4 is 5.32 Å². The molecule has 0 aliphatic carbocycles. The van der Waals surface area contributed by atoms with Crippen molar-refractivity contribution in [3.8, 4) is 0 Å². The number of hydrogen-bond donors (Lipinski definition) is 1. The van der Waals surface area contributed by atoms with Crippen molar-refractivity contribution < 1.29 is 4.79 Å². The van der Waals surface area contributed by atoms with E-state index in [0.717, 1.165) is 31.7 Å². The third-order valence-electron chi connectivity index (χ3n) is 4.92. The lowest BCUT2D eigenvalue weighted by Gasteiger charge is -2.37. The molecule has 1 fully saturated rings. The number of nitrogens with one attached hydrogen (secondary N) is 1. The molecule has 2 heterocycles. The maximum absolute atomic E-state index is 12.3. The topological polar surface area (TPSA) is 45.2 Å². The van der Waals surface area contributed by atoms with Gasteiger partial charge in [-0.3, -0.25) is 14.7 Å². The number of piperidine rings is 1. The van der Waals surface area contributed by atoms with Crippen molar-refractivity contribution in [2.75, 3.05) is 13.1 Å². The molecule has 4 heteroatoms. The lowest BCUT2D eigenvalue weighted by Crippen LogP contribution is -2.49. The Bertz CT molecular complexity index is 659. The van der Waals surface area contributed by atoms with E-state index in [-0.39, 0.29) is 11.9 Å². The van der Waals surface area contributed by atoms with Gasteiger partial charge in [0.15, 0.2) is 0 Å². The molecule has 1 aromatic carbocycles. The van der Waals surface area contributed by atoms with Gasteiger partial charge in [-0.2, -0.15) is 0 Å². The van der Waals surface area contributed by atoms with Gasteiger partial charge in [-0.25, -0.2) is 0 Å². The molecule has 1 aliphatic rings. The molecule has 132 valence electrons. The minimum absolute atomic E-state index is 0.138. The molecule has 25 heavy (non-hydrogen) atoms. The van der Waals surface area contributed by atoms with E-state index in [2.05, 4.69) is 52.5 Å². The largest absolute Gasteiger partial charge is 0.353 e. The van der Waals surface area contributed by atoms with Crippen LogP contribution in [-0.2, 0) is 17.8 Å². The lowest BCUT2D eigenvalue weighted by molar-refractivity contribution is -0.122. The molecule has 1 N–H and O–H groups in total. The second kappa shape index (κ2) is 8.77. The number of rotatable bonds is 6. The Balaban J connectivity index is 1.43. The molecule has 0 saturated carbocycles. The summed E-state index contributed by atoms with van der Waals surface area (Å²) in [5, 5.41) is 3.23. The van der Waals surface area contributed by atoms with E-state index >= 15 is 0 Å². The van der Waals surface area contributed by atoms with Gasteiger partial charge in [-0.1, -0.05) is 43.3 Å². The monoisotopic (exact) mass is 337 g/mol. The number of benzene rings is 1. The van der Waals surface area contributed by atoms with Crippen molar-refractivity contribution in [2.45, 2.75) is 38.8 Å². The smallest absolute Gasteiger partial charge is 0.220 e. The highest BCUT2D eigenvalue weighted by molar-refractivity contribution is 5.76. The highest BCUT2D eigenvalue weighted by Crippen LogP contribution is 2.19. The Morgan fingerprint density at radius 3 is 2.72 bits per heavy atom. The summed E-state index contributed by atoms with van der Waals surface area (Å²) in [4.78, 5) is 19.0. The van der Waals surface area contributed by atoms with Crippen LogP contribution >= 0.6 is 0 Å². The summed E-state index contributed by atoms with van der Waals surface area (Å²) in [6.07, 6.45) is 4.00. The molecular weight excluding hydrogens is 310 g/mol. The van der Waals surface area contributed by atoms with Gasteiger partial charge in [0.05, 0.1) is 0 Å². The van der Waals surface area contributed by atoms with E-state index in [1.165, 1.54) is 5.56 Å². The summed E-state index contributed by atoms with van der Waals surface area (Å²) >= 11 is 0. The van der Waals surface area contributed by atoms with E-state index < -0.39 is 0 Å². The number of likely N-dealkylation sites (tertiary alicyclic amines) is 1.